The Kier molecular flexibility index (Phi) is 3.52. The summed E-state index contributed by atoms with van der Waals surface area (Å²) in [5, 5.41) is 12.3. The second kappa shape index (κ2) is 5.15. The van der Waals surface area contributed by atoms with Crippen LogP contribution in [0.1, 0.15) is 29.1 Å². The van der Waals surface area contributed by atoms with Crippen LogP contribution in [0.25, 0.3) is 0 Å². The topological polar surface area (TPSA) is 38.7 Å². The van der Waals surface area contributed by atoms with Crippen molar-refractivity contribution in [2.75, 3.05) is 7.11 Å². The number of hydrogen-bond acceptors (Lipinski definition) is 4. The van der Waals surface area contributed by atoms with E-state index in [0.717, 1.165) is 26.4 Å². The third-order valence-corrected chi connectivity index (χ3v) is 4.97. The van der Waals surface area contributed by atoms with Crippen molar-refractivity contribution in [2.45, 2.75) is 18.6 Å². The van der Waals surface area contributed by atoms with E-state index in [4.69, 9.17) is 9.47 Å². The van der Waals surface area contributed by atoms with E-state index in [2.05, 4.69) is 15.9 Å². The van der Waals surface area contributed by atoms with Crippen LogP contribution in [0.15, 0.2) is 34.1 Å². The van der Waals surface area contributed by atoms with E-state index in [9.17, 15) is 5.11 Å². The lowest BCUT2D eigenvalue weighted by Crippen LogP contribution is -2.18. The highest BCUT2D eigenvalue weighted by molar-refractivity contribution is 9.10. The molecule has 0 spiro atoms. The van der Waals surface area contributed by atoms with Crippen molar-refractivity contribution >= 4 is 27.3 Å². The van der Waals surface area contributed by atoms with Crippen LogP contribution in [0.3, 0.4) is 0 Å². The van der Waals surface area contributed by atoms with Gasteiger partial charge in [-0.3, -0.25) is 0 Å². The maximum absolute atomic E-state index is 10.3. The first-order valence-electron chi connectivity index (χ1n) is 5.94. The van der Waals surface area contributed by atoms with Crippen LogP contribution in [-0.2, 0) is 0 Å². The van der Waals surface area contributed by atoms with E-state index in [-0.39, 0.29) is 6.10 Å². The lowest BCUT2D eigenvalue weighted by Gasteiger charge is -2.29. The molecule has 0 bridgehead atoms. The quantitative estimate of drug-likeness (QED) is 0.895. The minimum absolute atomic E-state index is 0.0906. The molecule has 1 aromatic heterocycles. The smallest absolute Gasteiger partial charge is 0.136 e. The van der Waals surface area contributed by atoms with Crippen molar-refractivity contribution in [1.29, 1.82) is 0 Å². The molecule has 0 aliphatic carbocycles. The zero-order valence-electron chi connectivity index (χ0n) is 10.3. The van der Waals surface area contributed by atoms with Crippen LogP contribution in [0.5, 0.6) is 11.5 Å². The maximum Gasteiger partial charge on any atom is 0.136 e. The van der Waals surface area contributed by atoms with Gasteiger partial charge < -0.3 is 14.6 Å². The summed E-state index contributed by atoms with van der Waals surface area (Å²) >= 11 is 5.07. The molecule has 2 atom stereocenters. The Morgan fingerprint density at radius 2 is 2.26 bits per heavy atom. The van der Waals surface area contributed by atoms with Crippen molar-refractivity contribution < 1.29 is 14.6 Å². The minimum Gasteiger partial charge on any atom is -0.497 e. The molecule has 1 unspecified atom stereocenters. The molecule has 0 amide bonds. The third kappa shape index (κ3) is 2.50. The summed E-state index contributed by atoms with van der Waals surface area (Å²) in [5.41, 5.74) is 0.797. The SMILES string of the molecule is COc1ccc2c(c1)[C@@H](O)CC(c1cc(Br)cs1)O2. The summed E-state index contributed by atoms with van der Waals surface area (Å²) in [6, 6.07) is 7.57. The fourth-order valence-electron chi connectivity index (χ4n) is 2.22. The molecule has 2 aromatic rings. The van der Waals surface area contributed by atoms with Crippen LogP contribution in [0, 0.1) is 0 Å². The molecule has 1 aliphatic heterocycles. The van der Waals surface area contributed by atoms with Gasteiger partial charge in [0.15, 0.2) is 0 Å². The fourth-order valence-corrected chi connectivity index (χ4v) is 3.71. The predicted molar refractivity (Wildman–Crippen MR) is 78.0 cm³/mol. The van der Waals surface area contributed by atoms with Gasteiger partial charge in [0.2, 0.25) is 0 Å². The zero-order chi connectivity index (χ0) is 13.4. The lowest BCUT2D eigenvalue weighted by atomic mass is 9.98. The van der Waals surface area contributed by atoms with Gasteiger partial charge >= 0.3 is 0 Å². The highest BCUT2D eigenvalue weighted by Gasteiger charge is 2.29. The predicted octanol–water partition coefficient (Wildman–Crippen LogP) is 4.08. The number of methoxy groups -OCH3 is 1. The molecule has 0 saturated heterocycles. The molecule has 0 fully saturated rings. The molecule has 3 nitrogen and oxygen atoms in total. The molecule has 19 heavy (non-hydrogen) atoms. The number of aliphatic hydroxyl groups is 1. The summed E-state index contributed by atoms with van der Waals surface area (Å²) in [7, 11) is 1.61. The van der Waals surface area contributed by atoms with Gasteiger partial charge in [-0.25, -0.2) is 0 Å². The molecule has 0 radical (unpaired) electrons. The number of aliphatic hydroxyl groups excluding tert-OH is 1. The Balaban J connectivity index is 1.92. The van der Waals surface area contributed by atoms with Gasteiger partial charge in [-0.05, 0) is 40.2 Å². The Morgan fingerprint density at radius 3 is 2.95 bits per heavy atom. The summed E-state index contributed by atoms with van der Waals surface area (Å²) < 4.78 is 12.2. The Morgan fingerprint density at radius 1 is 1.42 bits per heavy atom. The van der Waals surface area contributed by atoms with E-state index >= 15 is 0 Å². The van der Waals surface area contributed by atoms with Gasteiger partial charge in [0, 0.05) is 26.7 Å². The van der Waals surface area contributed by atoms with Crippen molar-refractivity contribution in [3.63, 3.8) is 0 Å². The largest absolute Gasteiger partial charge is 0.497 e. The zero-order valence-corrected chi connectivity index (χ0v) is 12.7. The van der Waals surface area contributed by atoms with Crippen LogP contribution in [0.4, 0.5) is 0 Å². The first-order chi connectivity index (χ1) is 9.17. The second-order valence-electron chi connectivity index (χ2n) is 4.43. The van der Waals surface area contributed by atoms with Gasteiger partial charge in [-0.15, -0.1) is 11.3 Å². The Labute approximate surface area is 123 Å². The van der Waals surface area contributed by atoms with Crippen LogP contribution < -0.4 is 9.47 Å². The highest BCUT2D eigenvalue weighted by Crippen LogP contribution is 2.43. The first-order valence-corrected chi connectivity index (χ1v) is 7.61. The molecular weight excluding hydrogens is 328 g/mol. The van der Waals surface area contributed by atoms with Gasteiger partial charge in [-0.1, -0.05) is 0 Å². The second-order valence-corrected chi connectivity index (χ2v) is 6.29. The van der Waals surface area contributed by atoms with Crippen LogP contribution in [-0.4, -0.2) is 12.2 Å². The number of thiophene rings is 1. The maximum atomic E-state index is 10.3. The number of halogens is 1. The van der Waals surface area contributed by atoms with Crippen molar-refractivity contribution in [3.8, 4) is 11.5 Å². The molecule has 100 valence electrons. The van der Waals surface area contributed by atoms with Crippen LogP contribution >= 0.6 is 27.3 Å². The number of benzene rings is 1. The van der Waals surface area contributed by atoms with Gasteiger partial charge in [0.25, 0.3) is 0 Å². The summed E-state index contributed by atoms with van der Waals surface area (Å²) in [4.78, 5) is 1.12. The summed E-state index contributed by atoms with van der Waals surface area (Å²) in [6.45, 7) is 0. The van der Waals surface area contributed by atoms with Gasteiger partial charge in [-0.2, -0.15) is 0 Å². The molecule has 3 rings (SSSR count). The van der Waals surface area contributed by atoms with E-state index < -0.39 is 6.10 Å². The third-order valence-electron chi connectivity index (χ3n) is 3.19. The van der Waals surface area contributed by atoms with Gasteiger partial charge in [0.1, 0.15) is 17.6 Å². The molecular formula is C14H13BrO3S. The Bertz CT molecular complexity index is 596. The standard InChI is InChI=1S/C14H13BrO3S/c1-17-9-2-3-12-10(5-9)11(16)6-13(18-12)14-4-8(15)7-19-14/h2-5,7,11,13,16H,6H2,1H3/t11-,13?/m0/s1. The average Bonchev–Trinajstić information content (AvgIpc) is 2.85. The molecule has 1 aromatic carbocycles. The Hall–Kier alpha value is -1.04. The molecule has 5 heteroatoms. The lowest BCUT2D eigenvalue weighted by molar-refractivity contribution is 0.0671. The average molecular weight is 341 g/mol. The number of ether oxygens (including phenoxy) is 2. The fraction of sp³-hybridized carbons (Fsp3) is 0.286. The van der Waals surface area contributed by atoms with Crippen molar-refractivity contribution in [1.82, 2.24) is 0 Å². The van der Waals surface area contributed by atoms with Crippen molar-refractivity contribution in [3.05, 3.63) is 44.6 Å². The van der Waals surface area contributed by atoms with Crippen molar-refractivity contribution in [2.24, 2.45) is 0 Å². The van der Waals surface area contributed by atoms with E-state index in [0.29, 0.717) is 6.42 Å². The number of hydrogen-bond donors (Lipinski definition) is 1. The first kappa shape index (κ1) is 13.0. The highest BCUT2D eigenvalue weighted by atomic mass is 79.9. The molecule has 2 heterocycles. The molecule has 1 N–H and O–H groups in total. The minimum atomic E-state index is -0.523. The van der Waals surface area contributed by atoms with E-state index in [1.165, 1.54) is 0 Å². The van der Waals surface area contributed by atoms with Crippen LogP contribution in [0.2, 0.25) is 0 Å². The number of fused-ring (bicyclic) bond motifs is 1. The monoisotopic (exact) mass is 340 g/mol. The van der Waals surface area contributed by atoms with E-state index in [1.807, 2.05) is 29.6 Å². The summed E-state index contributed by atoms with van der Waals surface area (Å²) in [6.07, 6.45) is -0.0513. The van der Waals surface area contributed by atoms with E-state index in [1.54, 1.807) is 18.4 Å². The normalized spacial score (nSPS) is 21.6. The number of rotatable bonds is 2. The molecule has 0 saturated carbocycles. The summed E-state index contributed by atoms with van der Waals surface area (Å²) in [5.74, 6) is 1.47. The van der Waals surface area contributed by atoms with Gasteiger partial charge in [0.05, 0.1) is 13.2 Å². The molecule has 1 aliphatic rings.